The van der Waals surface area contributed by atoms with E-state index in [-0.39, 0.29) is 41.2 Å². The summed E-state index contributed by atoms with van der Waals surface area (Å²) < 4.78 is 0. The second-order valence-electron chi connectivity index (χ2n) is 4.44. The first-order valence-corrected chi connectivity index (χ1v) is 7.77. The number of nitrogen functional groups attached to an aromatic ring is 2. The van der Waals surface area contributed by atoms with Crippen molar-refractivity contribution in [1.29, 1.82) is 0 Å². The highest BCUT2D eigenvalue weighted by Crippen LogP contribution is 2.14. The molecule has 0 aliphatic heterocycles. The number of likely N-dealkylation sites (N-methyl/N-ethyl adjacent to an activating group) is 2. The van der Waals surface area contributed by atoms with Crippen LogP contribution in [0.3, 0.4) is 0 Å². The van der Waals surface area contributed by atoms with Crippen LogP contribution in [0.5, 0.6) is 0 Å². The molecule has 0 atom stereocenters. The van der Waals surface area contributed by atoms with E-state index >= 15 is 0 Å². The maximum Gasteiger partial charge on any atom is 0.242 e. The minimum absolute atomic E-state index is 0.00696. The number of nitrogens with zero attached hydrogens (tertiary/aromatic N) is 5. The monoisotopic (exact) mass is 327 g/mol. The highest BCUT2D eigenvalue weighted by Gasteiger charge is 2.17. The number of amides is 2. The number of hydrogen-bond donors (Lipinski definition) is 2. The lowest BCUT2D eigenvalue weighted by Crippen LogP contribution is -2.41. The Morgan fingerprint density at radius 2 is 1.59 bits per heavy atom. The number of carbonyl (C=O) groups is 2. The highest BCUT2D eigenvalue weighted by molar-refractivity contribution is 7.99. The van der Waals surface area contributed by atoms with Crippen LogP contribution in [0.2, 0.25) is 0 Å². The van der Waals surface area contributed by atoms with Crippen LogP contribution < -0.4 is 11.5 Å². The van der Waals surface area contributed by atoms with Crippen molar-refractivity contribution >= 4 is 35.5 Å². The van der Waals surface area contributed by atoms with Crippen molar-refractivity contribution in [3.05, 3.63) is 0 Å². The number of thioether (sulfide) groups is 1. The maximum absolute atomic E-state index is 12.0. The molecule has 0 unspecified atom stereocenters. The molecule has 0 bridgehead atoms. The molecule has 1 aromatic rings. The fourth-order valence-electron chi connectivity index (χ4n) is 1.66. The van der Waals surface area contributed by atoms with Gasteiger partial charge in [0.1, 0.15) is 0 Å². The number of aromatic nitrogens is 3. The number of nitrogens with two attached hydrogens (primary N) is 2. The number of hydrogen-bond acceptors (Lipinski definition) is 8. The molecule has 122 valence electrons. The zero-order chi connectivity index (χ0) is 16.7. The molecule has 2 amide bonds. The average Bonchev–Trinajstić information content (AvgIpc) is 2.44. The van der Waals surface area contributed by atoms with Crippen molar-refractivity contribution in [3.8, 4) is 0 Å². The molecule has 1 rings (SSSR count). The lowest BCUT2D eigenvalue weighted by molar-refractivity contribution is -0.137. The van der Waals surface area contributed by atoms with Gasteiger partial charge in [-0.25, -0.2) is 0 Å². The number of rotatable bonds is 7. The van der Waals surface area contributed by atoms with E-state index in [1.165, 1.54) is 4.90 Å². The van der Waals surface area contributed by atoms with Gasteiger partial charge in [-0.3, -0.25) is 9.59 Å². The predicted octanol–water partition coefficient (Wildman–Crippen LogP) is -0.545. The standard InChI is InChI=1S/C12H21N7O2S/c1-4-19(5-2)8(20)6-18(3)9(21)7-22-12-16-10(13)15-11(14)17-12/h4-7H2,1-3H3,(H4,13,14,15,16,17). The molecular weight excluding hydrogens is 306 g/mol. The molecule has 0 saturated carbocycles. The van der Waals surface area contributed by atoms with Gasteiger partial charge in [0.2, 0.25) is 23.7 Å². The third-order valence-electron chi connectivity index (χ3n) is 2.89. The van der Waals surface area contributed by atoms with Crippen molar-refractivity contribution in [3.63, 3.8) is 0 Å². The van der Waals surface area contributed by atoms with Crippen molar-refractivity contribution in [2.75, 3.05) is 43.9 Å². The molecule has 4 N–H and O–H groups in total. The first-order chi connectivity index (χ1) is 10.4. The van der Waals surface area contributed by atoms with Crippen LogP contribution in [0.1, 0.15) is 13.8 Å². The quantitative estimate of drug-likeness (QED) is 0.638. The van der Waals surface area contributed by atoms with Gasteiger partial charge in [0.05, 0.1) is 12.3 Å². The van der Waals surface area contributed by atoms with E-state index in [0.717, 1.165) is 11.8 Å². The Bertz CT molecular complexity index is 516. The van der Waals surface area contributed by atoms with Crippen molar-refractivity contribution < 1.29 is 9.59 Å². The van der Waals surface area contributed by atoms with E-state index in [9.17, 15) is 9.59 Å². The van der Waals surface area contributed by atoms with Crippen LogP contribution in [0, 0.1) is 0 Å². The molecule has 22 heavy (non-hydrogen) atoms. The summed E-state index contributed by atoms with van der Waals surface area (Å²) in [5.41, 5.74) is 10.9. The number of carbonyl (C=O) groups excluding carboxylic acids is 2. The first kappa shape index (κ1) is 18.0. The van der Waals surface area contributed by atoms with E-state index < -0.39 is 0 Å². The summed E-state index contributed by atoms with van der Waals surface area (Å²) in [6.45, 7) is 5.08. The van der Waals surface area contributed by atoms with Gasteiger partial charge in [-0.1, -0.05) is 11.8 Å². The van der Waals surface area contributed by atoms with E-state index in [2.05, 4.69) is 15.0 Å². The molecular formula is C12H21N7O2S. The summed E-state index contributed by atoms with van der Waals surface area (Å²) in [6.07, 6.45) is 0. The molecule has 0 saturated heterocycles. The normalized spacial score (nSPS) is 10.3. The molecule has 0 aromatic carbocycles. The van der Waals surface area contributed by atoms with Crippen LogP contribution in [-0.2, 0) is 9.59 Å². The van der Waals surface area contributed by atoms with Crippen molar-refractivity contribution in [1.82, 2.24) is 24.8 Å². The second-order valence-corrected chi connectivity index (χ2v) is 5.38. The van der Waals surface area contributed by atoms with E-state index in [0.29, 0.717) is 13.1 Å². The second kappa shape index (κ2) is 8.37. The van der Waals surface area contributed by atoms with Crippen LogP contribution in [-0.4, -0.2) is 69.0 Å². The van der Waals surface area contributed by atoms with E-state index in [4.69, 9.17) is 11.5 Å². The zero-order valence-corrected chi connectivity index (χ0v) is 13.8. The van der Waals surface area contributed by atoms with Gasteiger partial charge in [-0.05, 0) is 13.8 Å². The number of anilines is 2. The SMILES string of the molecule is CCN(CC)C(=O)CN(C)C(=O)CSc1nc(N)nc(N)n1. The molecule has 0 aliphatic carbocycles. The van der Waals surface area contributed by atoms with Gasteiger partial charge in [-0.15, -0.1) is 0 Å². The first-order valence-electron chi connectivity index (χ1n) is 6.78. The minimum Gasteiger partial charge on any atom is -0.368 e. The summed E-state index contributed by atoms with van der Waals surface area (Å²) in [7, 11) is 1.58. The summed E-state index contributed by atoms with van der Waals surface area (Å²) in [6, 6.07) is 0. The molecule has 0 spiro atoms. The smallest absolute Gasteiger partial charge is 0.242 e. The van der Waals surface area contributed by atoms with Gasteiger partial charge in [0.25, 0.3) is 0 Å². The largest absolute Gasteiger partial charge is 0.368 e. The van der Waals surface area contributed by atoms with Gasteiger partial charge in [0, 0.05) is 20.1 Å². The summed E-state index contributed by atoms with van der Waals surface area (Å²) in [5.74, 6) is -0.187. The van der Waals surface area contributed by atoms with Gasteiger partial charge in [0.15, 0.2) is 5.16 Å². The van der Waals surface area contributed by atoms with Gasteiger partial charge >= 0.3 is 0 Å². The van der Waals surface area contributed by atoms with Crippen LogP contribution in [0.15, 0.2) is 5.16 Å². The topological polar surface area (TPSA) is 131 Å². The highest BCUT2D eigenvalue weighted by atomic mass is 32.2. The third-order valence-corrected chi connectivity index (χ3v) is 3.72. The van der Waals surface area contributed by atoms with Crippen LogP contribution >= 0.6 is 11.8 Å². The molecule has 1 heterocycles. The lowest BCUT2D eigenvalue weighted by atomic mass is 10.4. The fraction of sp³-hybridized carbons (Fsp3) is 0.583. The Morgan fingerprint density at radius 1 is 1.05 bits per heavy atom. The molecule has 1 aromatic heterocycles. The Balaban J connectivity index is 2.52. The molecule has 0 aliphatic rings. The van der Waals surface area contributed by atoms with Gasteiger partial charge < -0.3 is 21.3 Å². The maximum atomic E-state index is 12.0. The fourth-order valence-corrected chi connectivity index (χ4v) is 2.45. The van der Waals surface area contributed by atoms with Crippen molar-refractivity contribution in [2.24, 2.45) is 0 Å². The van der Waals surface area contributed by atoms with Crippen molar-refractivity contribution in [2.45, 2.75) is 19.0 Å². The predicted molar refractivity (Wildman–Crippen MR) is 84.9 cm³/mol. The van der Waals surface area contributed by atoms with Crippen LogP contribution in [0.4, 0.5) is 11.9 Å². The van der Waals surface area contributed by atoms with Crippen LogP contribution in [0.25, 0.3) is 0 Å². The lowest BCUT2D eigenvalue weighted by Gasteiger charge is -2.23. The summed E-state index contributed by atoms with van der Waals surface area (Å²) in [4.78, 5) is 38.4. The molecule has 0 fully saturated rings. The molecule has 0 radical (unpaired) electrons. The summed E-state index contributed by atoms with van der Waals surface area (Å²) >= 11 is 1.09. The zero-order valence-electron chi connectivity index (χ0n) is 12.9. The Labute approximate surface area is 133 Å². The Kier molecular flexibility index (Phi) is 6.83. The Hall–Kier alpha value is -2.10. The van der Waals surface area contributed by atoms with E-state index in [1.54, 1.807) is 11.9 Å². The summed E-state index contributed by atoms with van der Waals surface area (Å²) in [5, 5.41) is 0.279. The average molecular weight is 327 g/mol. The van der Waals surface area contributed by atoms with E-state index in [1.807, 2.05) is 13.8 Å². The third kappa shape index (κ3) is 5.35. The molecule has 10 heteroatoms. The minimum atomic E-state index is -0.205. The van der Waals surface area contributed by atoms with Gasteiger partial charge in [-0.2, -0.15) is 15.0 Å². The molecule has 9 nitrogen and oxygen atoms in total. The Morgan fingerprint density at radius 3 is 2.09 bits per heavy atom.